The van der Waals surface area contributed by atoms with Crippen molar-refractivity contribution in [1.29, 1.82) is 0 Å². The number of benzene rings is 1. The zero-order valence-electron chi connectivity index (χ0n) is 13.3. The van der Waals surface area contributed by atoms with Crippen molar-refractivity contribution in [2.24, 2.45) is 0 Å². The number of halogens is 1. The van der Waals surface area contributed by atoms with E-state index in [1.165, 1.54) is 7.11 Å². The molecule has 0 spiro atoms. The van der Waals surface area contributed by atoms with Crippen LogP contribution in [-0.4, -0.2) is 24.5 Å². The molecule has 0 aliphatic carbocycles. The molecular formula is C16H16ClNO6. The van der Waals surface area contributed by atoms with Gasteiger partial charge in [-0.25, -0.2) is 9.59 Å². The van der Waals surface area contributed by atoms with E-state index in [9.17, 15) is 9.59 Å². The van der Waals surface area contributed by atoms with Crippen LogP contribution in [-0.2, 0) is 14.2 Å². The maximum Gasteiger partial charge on any atom is 0.513 e. The molecule has 0 bridgehead atoms. The van der Waals surface area contributed by atoms with Gasteiger partial charge in [-0.05, 0) is 25.5 Å². The summed E-state index contributed by atoms with van der Waals surface area (Å²) in [6, 6.07) is 6.82. The molecule has 0 saturated carbocycles. The Morgan fingerprint density at radius 1 is 1.12 bits per heavy atom. The number of carbonyl (C=O) groups is 2. The normalized spacial score (nSPS) is 17.2. The molecule has 0 amide bonds. The highest BCUT2D eigenvalue weighted by molar-refractivity contribution is 6.31. The number of carboxylic acid groups (broad SMARTS) is 1. The summed E-state index contributed by atoms with van der Waals surface area (Å²) in [5, 5.41) is 12.3. The van der Waals surface area contributed by atoms with Crippen molar-refractivity contribution in [1.82, 2.24) is 5.32 Å². The Bertz CT molecular complexity index is 740. The van der Waals surface area contributed by atoms with Crippen LogP contribution in [0.15, 0.2) is 47.2 Å². The average Bonchev–Trinajstić information content (AvgIpc) is 2.52. The summed E-state index contributed by atoms with van der Waals surface area (Å²) >= 11 is 6.25. The van der Waals surface area contributed by atoms with Gasteiger partial charge in [0.05, 0.1) is 18.5 Å². The van der Waals surface area contributed by atoms with Gasteiger partial charge in [-0.3, -0.25) is 0 Å². The molecule has 0 aromatic heterocycles. The van der Waals surface area contributed by atoms with E-state index in [2.05, 4.69) is 10.1 Å². The minimum atomic E-state index is -1.49. The van der Waals surface area contributed by atoms with Gasteiger partial charge < -0.3 is 24.6 Å². The summed E-state index contributed by atoms with van der Waals surface area (Å²) in [4.78, 5) is 22.7. The number of dihydropyridines is 1. The second-order valence-electron chi connectivity index (χ2n) is 4.98. The average molecular weight is 354 g/mol. The highest BCUT2D eigenvalue weighted by Crippen LogP contribution is 2.41. The van der Waals surface area contributed by atoms with Crippen molar-refractivity contribution in [2.75, 3.05) is 7.11 Å². The van der Waals surface area contributed by atoms with E-state index in [-0.39, 0.29) is 11.5 Å². The number of ether oxygens (including phenoxy) is 3. The molecule has 1 aromatic carbocycles. The first-order valence-electron chi connectivity index (χ1n) is 6.94. The SMILES string of the molecule is COC(=O)OC1=C(C)NC(C)=C(OC(=O)O)C1c1ccccc1Cl. The van der Waals surface area contributed by atoms with E-state index in [0.717, 1.165) is 0 Å². The number of rotatable bonds is 3. The Morgan fingerprint density at radius 3 is 2.25 bits per heavy atom. The lowest BCUT2D eigenvalue weighted by Gasteiger charge is -2.30. The van der Waals surface area contributed by atoms with Crippen LogP contribution in [0.1, 0.15) is 25.3 Å². The van der Waals surface area contributed by atoms with Crippen molar-refractivity contribution in [3.8, 4) is 0 Å². The van der Waals surface area contributed by atoms with E-state index < -0.39 is 18.2 Å². The first-order chi connectivity index (χ1) is 11.3. The molecule has 2 rings (SSSR count). The zero-order valence-corrected chi connectivity index (χ0v) is 14.0. The van der Waals surface area contributed by atoms with Crippen LogP contribution >= 0.6 is 11.6 Å². The van der Waals surface area contributed by atoms with Crippen molar-refractivity contribution < 1.29 is 28.9 Å². The lowest BCUT2D eigenvalue weighted by molar-refractivity contribution is 0.0848. The fourth-order valence-electron chi connectivity index (χ4n) is 2.44. The fourth-order valence-corrected chi connectivity index (χ4v) is 2.69. The topological polar surface area (TPSA) is 94.1 Å². The molecule has 0 saturated heterocycles. The summed E-state index contributed by atoms with van der Waals surface area (Å²) in [6.45, 7) is 3.34. The number of carbonyl (C=O) groups excluding carboxylic acids is 1. The molecule has 1 aromatic rings. The van der Waals surface area contributed by atoms with Crippen LogP contribution in [0.4, 0.5) is 9.59 Å². The lowest BCUT2D eigenvalue weighted by Crippen LogP contribution is -2.29. The maximum absolute atomic E-state index is 11.6. The van der Waals surface area contributed by atoms with Gasteiger partial charge in [0.25, 0.3) is 0 Å². The van der Waals surface area contributed by atoms with Crippen molar-refractivity contribution in [3.05, 3.63) is 57.8 Å². The number of methoxy groups -OCH3 is 1. The summed E-state index contributed by atoms with van der Waals surface area (Å²) in [6.07, 6.45) is -2.42. The molecule has 0 fully saturated rings. The Morgan fingerprint density at radius 2 is 1.71 bits per heavy atom. The Labute approximate surface area is 143 Å². The Balaban J connectivity index is 2.59. The van der Waals surface area contributed by atoms with Gasteiger partial charge in [0.2, 0.25) is 0 Å². The third-order valence-corrected chi connectivity index (χ3v) is 3.76. The highest BCUT2D eigenvalue weighted by atomic mass is 35.5. The first-order valence-corrected chi connectivity index (χ1v) is 7.32. The second-order valence-corrected chi connectivity index (χ2v) is 5.39. The fraction of sp³-hybridized carbons (Fsp3) is 0.250. The van der Waals surface area contributed by atoms with Crippen molar-refractivity contribution >= 4 is 23.9 Å². The third-order valence-electron chi connectivity index (χ3n) is 3.41. The molecule has 128 valence electrons. The molecule has 24 heavy (non-hydrogen) atoms. The van der Waals surface area contributed by atoms with E-state index in [4.69, 9.17) is 26.2 Å². The van der Waals surface area contributed by atoms with Crippen LogP contribution in [0.2, 0.25) is 5.02 Å². The smallest absolute Gasteiger partial charge is 0.449 e. The number of hydrogen-bond acceptors (Lipinski definition) is 6. The van der Waals surface area contributed by atoms with Gasteiger partial charge in [-0.15, -0.1) is 0 Å². The number of nitrogens with one attached hydrogen (secondary N) is 1. The minimum Gasteiger partial charge on any atom is -0.449 e. The van der Waals surface area contributed by atoms with Gasteiger partial charge in [0.1, 0.15) is 17.4 Å². The first kappa shape index (κ1) is 17.7. The Hall–Kier alpha value is -2.67. The summed E-state index contributed by atoms with van der Waals surface area (Å²) in [7, 11) is 1.18. The zero-order chi connectivity index (χ0) is 17.9. The predicted octanol–water partition coefficient (Wildman–Crippen LogP) is 3.97. The highest BCUT2D eigenvalue weighted by Gasteiger charge is 2.36. The van der Waals surface area contributed by atoms with E-state index >= 15 is 0 Å². The van der Waals surface area contributed by atoms with E-state index in [1.807, 2.05) is 0 Å². The van der Waals surface area contributed by atoms with Crippen LogP contribution in [0.5, 0.6) is 0 Å². The van der Waals surface area contributed by atoms with Gasteiger partial charge in [-0.1, -0.05) is 29.8 Å². The van der Waals surface area contributed by atoms with Crippen LogP contribution in [0.3, 0.4) is 0 Å². The number of hydrogen-bond donors (Lipinski definition) is 2. The van der Waals surface area contributed by atoms with Crippen molar-refractivity contribution in [3.63, 3.8) is 0 Å². The largest absolute Gasteiger partial charge is 0.513 e. The molecule has 8 heteroatoms. The molecule has 7 nitrogen and oxygen atoms in total. The van der Waals surface area contributed by atoms with E-state index in [1.54, 1.807) is 38.1 Å². The summed E-state index contributed by atoms with van der Waals surface area (Å²) < 4.78 is 14.7. The Kier molecular flexibility index (Phi) is 5.35. The minimum absolute atomic E-state index is 0.0695. The van der Waals surface area contributed by atoms with Crippen LogP contribution < -0.4 is 5.32 Å². The summed E-state index contributed by atoms with van der Waals surface area (Å²) in [5.41, 5.74) is 1.52. The summed E-state index contributed by atoms with van der Waals surface area (Å²) in [5.74, 6) is -0.591. The monoisotopic (exact) mass is 353 g/mol. The molecule has 1 aliphatic rings. The molecule has 2 N–H and O–H groups in total. The standard InChI is InChI=1S/C16H16ClNO6/c1-8-13(23-15(19)20)12(10-6-4-5-7-11(10)17)14(9(2)18-8)24-16(21)22-3/h4-7,12,18H,1-3H3,(H,19,20). The molecule has 1 aliphatic heterocycles. The van der Waals surface area contributed by atoms with Gasteiger partial charge in [-0.2, -0.15) is 0 Å². The van der Waals surface area contributed by atoms with Crippen LogP contribution in [0, 0.1) is 0 Å². The third kappa shape index (κ3) is 3.62. The van der Waals surface area contributed by atoms with Gasteiger partial charge in [0.15, 0.2) is 0 Å². The van der Waals surface area contributed by atoms with E-state index in [0.29, 0.717) is 22.0 Å². The van der Waals surface area contributed by atoms with Crippen molar-refractivity contribution in [2.45, 2.75) is 19.8 Å². The second kappa shape index (κ2) is 7.27. The molecule has 0 radical (unpaired) electrons. The molecule has 1 atom stereocenters. The van der Waals surface area contributed by atoms with Crippen LogP contribution in [0.25, 0.3) is 0 Å². The molecule has 1 heterocycles. The predicted molar refractivity (Wildman–Crippen MR) is 85.3 cm³/mol. The molecule has 1 unspecified atom stereocenters. The molecular weight excluding hydrogens is 338 g/mol. The quantitative estimate of drug-likeness (QED) is 0.794. The number of allylic oxidation sites excluding steroid dienone is 2. The lowest BCUT2D eigenvalue weighted by atomic mass is 9.90. The van der Waals surface area contributed by atoms with Gasteiger partial charge in [0, 0.05) is 5.02 Å². The maximum atomic E-state index is 11.6. The van der Waals surface area contributed by atoms with Gasteiger partial charge >= 0.3 is 12.3 Å².